The minimum Gasteiger partial charge on any atom is -0.385 e. The van der Waals surface area contributed by atoms with Gasteiger partial charge in [-0.15, -0.1) is 0 Å². The Morgan fingerprint density at radius 3 is 3.18 bits per heavy atom. The summed E-state index contributed by atoms with van der Waals surface area (Å²) in [5.41, 5.74) is 0. The monoisotopic (exact) mass is 239 g/mol. The molecule has 1 saturated heterocycles. The molecule has 0 saturated carbocycles. The maximum absolute atomic E-state index is 5.35. The molecule has 1 fully saturated rings. The van der Waals surface area contributed by atoms with Gasteiger partial charge in [0.15, 0.2) is 5.82 Å². The Balaban J connectivity index is 1.88. The van der Waals surface area contributed by atoms with E-state index in [-0.39, 0.29) is 0 Å². The van der Waals surface area contributed by atoms with Crippen LogP contribution < -0.4 is 5.32 Å². The summed E-state index contributed by atoms with van der Waals surface area (Å²) in [5.74, 6) is 2.05. The molecule has 0 bridgehead atoms. The number of aryl methyl sites for hydroxylation is 1. The number of methoxy groups -OCH3 is 1. The van der Waals surface area contributed by atoms with E-state index in [0.29, 0.717) is 12.0 Å². The van der Waals surface area contributed by atoms with Gasteiger partial charge in [0.05, 0.1) is 0 Å². The zero-order valence-corrected chi connectivity index (χ0v) is 10.6. The van der Waals surface area contributed by atoms with Crippen molar-refractivity contribution < 1.29 is 9.26 Å². The van der Waals surface area contributed by atoms with E-state index in [2.05, 4.69) is 22.4 Å². The van der Waals surface area contributed by atoms with E-state index in [1.54, 1.807) is 7.11 Å². The molecular weight excluding hydrogens is 218 g/mol. The lowest BCUT2D eigenvalue weighted by Crippen LogP contribution is -2.34. The van der Waals surface area contributed by atoms with Crippen molar-refractivity contribution in [3.8, 4) is 0 Å². The molecule has 0 radical (unpaired) electrons. The van der Waals surface area contributed by atoms with Crippen LogP contribution >= 0.6 is 0 Å². The highest BCUT2D eigenvalue weighted by atomic mass is 16.5. The van der Waals surface area contributed by atoms with E-state index in [1.165, 1.54) is 0 Å². The van der Waals surface area contributed by atoms with Crippen molar-refractivity contribution in [2.75, 3.05) is 20.3 Å². The highest BCUT2D eigenvalue weighted by Crippen LogP contribution is 2.26. The maximum atomic E-state index is 5.35. The summed E-state index contributed by atoms with van der Waals surface area (Å²) in [6.07, 6.45) is 3.94. The van der Waals surface area contributed by atoms with Gasteiger partial charge in [0, 0.05) is 32.1 Å². The first-order chi connectivity index (χ1) is 8.29. The average Bonchev–Trinajstić information content (AvgIpc) is 2.78. The van der Waals surface area contributed by atoms with Crippen LogP contribution in [0.2, 0.25) is 0 Å². The van der Waals surface area contributed by atoms with Gasteiger partial charge in [0.2, 0.25) is 5.89 Å². The minimum absolute atomic E-state index is 0.426. The summed E-state index contributed by atoms with van der Waals surface area (Å²) >= 11 is 0. The zero-order valence-electron chi connectivity index (χ0n) is 10.6. The van der Waals surface area contributed by atoms with Crippen LogP contribution in [0.1, 0.15) is 43.8 Å². The topological polar surface area (TPSA) is 60.2 Å². The Hall–Kier alpha value is -0.940. The van der Waals surface area contributed by atoms with E-state index >= 15 is 0 Å². The van der Waals surface area contributed by atoms with E-state index in [1.807, 2.05) is 0 Å². The average molecular weight is 239 g/mol. The number of hydrogen-bond acceptors (Lipinski definition) is 5. The normalized spacial score (nSPS) is 25.1. The summed E-state index contributed by atoms with van der Waals surface area (Å²) in [7, 11) is 1.71. The van der Waals surface area contributed by atoms with Gasteiger partial charge in [-0.05, 0) is 32.7 Å². The van der Waals surface area contributed by atoms with Gasteiger partial charge >= 0.3 is 0 Å². The van der Waals surface area contributed by atoms with Gasteiger partial charge in [0.25, 0.3) is 0 Å². The minimum atomic E-state index is 0.426. The molecule has 2 unspecified atom stereocenters. The summed E-state index contributed by atoms with van der Waals surface area (Å²) in [4.78, 5) is 4.48. The Morgan fingerprint density at radius 2 is 2.41 bits per heavy atom. The van der Waals surface area contributed by atoms with Crippen molar-refractivity contribution >= 4 is 0 Å². The molecule has 96 valence electrons. The molecule has 0 amide bonds. The molecule has 2 heterocycles. The van der Waals surface area contributed by atoms with Crippen molar-refractivity contribution in [3.63, 3.8) is 0 Å². The van der Waals surface area contributed by atoms with Crippen LogP contribution in [0, 0.1) is 0 Å². The van der Waals surface area contributed by atoms with Crippen LogP contribution in [0.4, 0.5) is 0 Å². The molecule has 1 aliphatic rings. The highest BCUT2D eigenvalue weighted by Gasteiger charge is 2.24. The van der Waals surface area contributed by atoms with Crippen molar-refractivity contribution in [2.24, 2.45) is 0 Å². The molecule has 0 aromatic carbocycles. The Morgan fingerprint density at radius 1 is 1.53 bits per heavy atom. The largest absolute Gasteiger partial charge is 0.385 e. The first kappa shape index (κ1) is 12.5. The van der Waals surface area contributed by atoms with Crippen molar-refractivity contribution in [1.82, 2.24) is 15.5 Å². The quantitative estimate of drug-likeness (QED) is 0.789. The third kappa shape index (κ3) is 3.51. The molecule has 2 atom stereocenters. The molecule has 5 heteroatoms. The second kappa shape index (κ2) is 6.12. The second-order valence-electron chi connectivity index (χ2n) is 4.72. The standard InChI is InChI=1S/C12H21N3O2/c1-9-8-10(5-6-13-9)12-14-11(15-17-12)4-3-7-16-2/h9-10,13H,3-8H2,1-2H3. The van der Waals surface area contributed by atoms with Crippen LogP contribution in [-0.4, -0.2) is 36.4 Å². The fourth-order valence-corrected chi connectivity index (χ4v) is 2.27. The molecule has 17 heavy (non-hydrogen) atoms. The van der Waals surface area contributed by atoms with Gasteiger partial charge in [-0.2, -0.15) is 4.98 Å². The smallest absolute Gasteiger partial charge is 0.229 e. The highest BCUT2D eigenvalue weighted by molar-refractivity contribution is 4.97. The van der Waals surface area contributed by atoms with Crippen LogP contribution in [0.5, 0.6) is 0 Å². The lowest BCUT2D eigenvalue weighted by Gasteiger charge is -2.25. The maximum Gasteiger partial charge on any atom is 0.229 e. The van der Waals surface area contributed by atoms with Gasteiger partial charge in [-0.3, -0.25) is 0 Å². The van der Waals surface area contributed by atoms with E-state index < -0.39 is 0 Å². The first-order valence-electron chi connectivity index (χ1n) is 6.34. The van der Waals surface area contributed by atoms with Gasteiger partial charge < -0.3 is 14.6 Å². The third-order valence-corrected chi connectivity index (χ3v) is 3.21. The first-order valence-corrected chi connectivity index (χ1v) is 6.34. The summed E-state index contributed by atoms with van der Waals surface area (Å²) in [6, 6.07) is 0.539. The molecule has 2 rings (SSSR count). The number of hydrogen-bond donors (Lipinski definition) is 1. The molecule has 1 N–H and O–H groups in total. The van der Waals surface area contributed by atoms with E-state index in [4.69, 9.17) is 9.26 Å². The van der Waals surface area contributed by atoms with Gasteiger partial charge in [-0.1, -0.05) is 5.16 Å². The van der Waals surface area contributed by atoms with Crippen LogP contribution in [-0.2, 0) is 11.2 Å². The van der Waals surface area contributed by atoms with Crippen molar-refractivity contribution in [1.29, 1.82) is 0 Å². The van der Waals surface area contributed by atoms with Crippen molar-refractivity contribution in [2.45, 2.75) is 44.6 Å². The number of rotatable bonds is 5. The number of ether oxygens (including phenoxy) is 1. The Bertz CT molecular complexity index is 340. The fourth-order valence-electron chi connectivity index (χ4n) is 2.27. The summed E-state index contributed by atoms with van der Waals surface area (Å²) in [5, 5.41) is 7.45. The predicted molar refractivity (Wildman–Crippen MR) is 63.9 cm³/mol. The number of piperidine rings is 1. The van der Waals surface area contributed by atoms with E-state index in [9.17, 15) is 0 Å². The SMILES string of the molecule is COCCCc1noc(C2CCNC(C)C2)n1. The Labute approximate surface area is 102 Å². The van der Waals surface area contributed by atoms with Gasteiger partial charge in [0.1, 0.15) is 0 Å². The molecule has 1 aliphatic heterocycles. The molecule has 5 nitrogen and oxygen atoms in total. The third-order valence-electron chi connectivity index (χ3n) is 3.21. The van der Waals surface area contributed by atoms with Crippen molar-refractivity contribution in [3.05, 3.63) is 11.7 Å². The summed E-state index contributed by atoms with van der Waals surface area (Å²) in [6.45, 7) is 3.98. The predicted octanol–water partition coefficient (Wildman–Crippen LogP) is 1.50. The molecule has 1 aromatic heterocycles. The molecule has 0 spiro atoms. The van der Waals surface area contributed by atoms with E-state index in [0.717, 1.165) is 50.6 Å². The Kier molecular flexibility index (Phi) is 4.50. The lowest BCUT2D eigenvalue weighted by atomic mass is 9.93. The number of aromatic nitrogens is 2. The lowest BCUT2D eigenvalue weighted by molar-refractivity contribution is 0.194. The fraction of sp³-hybridized carbons (Fsp3) is 0.833. The van der Waals surface area contributed by atoms with Gasteiger partial charge in [-0.25, -0.2) is 0 Å². The zero-order chi connectivity index (χ0) is 12.1. The second-order valence-corrected chi connectivity index (χ2v) is 4.72. The molecule has 0 aliphatic carbocycles. The van der Waals surface area contributed by atoms with Crippen LogP contribution in [0.3, 0.4) is 0 Å². The number of nitrogens with one attached hydrogen (secondary N) is 1. The molecular formula is C12H21N3O2. The van der Waals surface area contributed by atoms with Crippen LogP contribution in [0.25, 0.3) is 0 Å². The molecule has 1 aromatic rings. The van der Waals surface area contributed by atoms with Crippen LogP contribution in [0.15, 0.2) is 4.52 Å². The summed E-state index contributed by atoms with van der Waals surface area (Å²) < 4.78 is 10.4. The number of nitrogens with zero attached hydrogens (tertiary/aromatic N) is 2.